The van der Waals surface area contributed by atoms with Crippen LogP contribution in [0.4, 0.5) is 0 Å². The van der Waals surface area contributed by atoms with Gasteiger partial charge in [0.2, 0.25) is 0 Å². The first-order valence-corrected chi connectivity index (χ1v) is 11.2. The Morgan fingerprint density at radius 1 is 1.13 bits per heavy atom. The average molecular weight is 549 g/mol. The van der Waals surface area contributed by atoms with E-state index in [1.54, 1.807) is 12.3 Å². The van der Waals surface area contributed by atoms with Gasteiger partial charge in [0.25, 0.3) is 5.91 Å². The Hall–Kier alpha value is -2.58. The molecule has 0 aliphatic rings. The molecular formula is C24H22ClIN2O3. The third kappa shape index (κ3) is 6.45. The first kappa shape index (κ1) is 23.1. The van der Waals surface area contributed by atoms with Crippen LogP contribution in [0.3, 0.4) is 0 Å². The summed E-state index contributed by atoms with van der Waals surface area (Å²) in [5.41, 5.74) is 5.80. The number of carbonyl (C=O) groups excluding carboxylic acids is 1. The Bertz CT molecular complexity index is 1100. The molecule has 3 rings (SSSR count). The van der Waals surface area contributed by atoms with Crippen LogP contribution >= 0.6 is 34.2 Å². The SMILES string of the molecule is CCOc1cc(/C=N/NC(=O)c2cccc(C)c2)cc(I)c1OCc1ccccc1Cl. The number of hydrogen-bond acceptors (Lipinski definition) is 4. The molecule has 3 aromatic carbocycles. The summed E-state index contributed by atoms with van der Waals surface area (Å²) < 4.78 is 12.7. The molecule has 0 saturated heterocycles. The number of amides is 1. The Labute approximate surface area is 200 Å². The second-order valence-corrected chi connectivity index (χ2v) is 8.28. The van der Waals surface area contributed by atoms with E-state index < -0.39 is 0 Å². The maximum Gasteiger partial charge on any atom is 0.271 e. The molecule has 1 amide bonds. The van der Waals surface area contributed by atoms with Crippen molar-refractivity contribution in [2.45, 2.75) is 20.5 Å². The van der Waals surface area contributed by atoms with Crippen LogP contribution in [0.25, 0.3) is 0 Å². The van der Waals surface area contributed by atoms with Gasteiger partial charge >= 0.3 is 0 Å². The average Bonchev–Trinajstić information content (AvgIpc) is 2.74. The summed E-state index contributed by atoms with van der Waals surface area (Å²) >= 11 is 8.42. The summed E-state index contributed by atoms with van der Waals surface area (Å²) in [7, 11) is 0. The molecule has 1 N–H and O–H groups in total. The minimum absolute atomic E-state index is 0.264. The van der Waals surface area contributed by atoms with Crippen LogP contribution in [-0.4, -0.2) is 18.7 Å². The van der Waals surface area contributed by atoms with Crippen molar-refractivity contribution in [1.82, 2.24) is 5.43 Å². The standard InChI is InChI=1S/C24H22ClIN2O3/c1-3-30-22-13-17(14-27-28-24(29)18-9-6-7-16(2)11-18)12-21(26)23(22)31-15-19-8-4-5-10-20(19)25/h4-14H,3,15H2,1-2H3,(H,28,29)/b27-14+. The molecule has 0 aliphatic carbocycles. The zero-order chi connectivity index (χ0) is 22.2. The lowest BCUT2D eigenvalue weighted by atomic mass is 10.1. The van der Waals surface area contributed by atoms with E-state index in [-0.39, 0.29) is 5.91 Å². The molecule has 0 bridgehead atoms. The van der Waals surface area contributed by atoms with Crippen molar-refractivity contribution in [3.05, 3.63) is 91.5 Å². The number of ether oxygens (including phenoxy) is 2. The fraction of sp³-hybridized carbons (Fsp3) is 0.167. The summed E-state index contributed by atoms with van der Waals surface area (Å²) in [6.07, 6.45) is 1.58. The van der Waals surface area contributed by atoms with Gasteiger partial charge in [-0.2, -0.15) is 5.10 Å². The van der Waals surface area contributed by atoms with E-state index in [0.717, 1.165) is 20.3 Å². The Kier molecular flexibility index (Phi) is 8.31. The molecule has 160 valence electrons. The van der Waals surface area contributed by atoms with Gasteiger partial charge in [0.05, 0.1) is 16.4 Å². The third-order valence-electron chi connectivity index (χ3n) is 4.32. The lowest BCUT2D eigenvalue weighted by molar-refractivity contribution is 0.0955. The smallest absolute Gasteiger partial charge is 0.271 e. The molecule has 0 radical (unpaired) electrons. The molecule has 3 aromatic rings. The van der Waals surface area contributed by atoms with Crippen molar-refractivity contribution >= 4 is 46.3 Å². The summed E-state index contributed by atoms with van der Waals surface area (Å²) in [6.45, 7) is 4.67. The third-order valence-corrected chi connectivity index (χ3v) is 5.49. The zero-order valence-corrected chi connectivity index (χ0v) is 20.1. The van der Waals surface area contributed by atoms with E-state index in [2.05, 4.69) is 33.1 Å². The zero-order valence-electron chi connectivity index (χ0n) is 17.2. The van der Waals surface area contributed by atoms with E-state index >= 15 is 0 Å². The van der Waals surface area contributed by atoms with Crippen molar-refractivity contribution in [3.8, 4) is 11.5 Å². The van der Waals surface area contributed by atoms with Gasteiger partial charge in [-0.15, -0.1) is 0 Å². The van der Waals surface area contributed by atoms with E-state index in [1.165, 1.54) is 0 Å². The molecule has 0 spiro atoms. The highest BCUT2D eigenvalue weighted by atomic mass is 127. The van der Waals surface area contributed by atoms with Crippen LogP contribution in [0.15, 0.2) is 65.8 Å². The minimum Gasteiger partial charge on any atom is -0.490 e. The van der Waals surface area contributed by atoms with Crippen LogP contribution in [0.2, 0.25) is 5.02 Å². The number of carbonyl (C=O) groups is 1. The topological polar surface area (TPSA) is 59.9 Å². The first-order valence-electron chi connectivity index (χ1n) is 9.70. The fourth-order valence-electron chi connectivity index (χ4n) is 2.85. The lowest BCUT2D eigenvalue weighted by Crippen LogP contribution is -2.17. The van der Waals surface area contributed by atoms with Crippen LogP contribution in [0.1, 0.15) is 34.0 Å². The number of aryl methyl sites for hydroxylation is 1. The summed E-state index contributed by atoms with van der Waals surface area (Å²) in [5.74, 6) is 0.982. The Balaban J connectivity index is 1.73. The van der Waals surface area contributed by atoms with Crippen LogP contribution in [0, 0.1) is 10.5 Å². The Morgan fingerprint density at radius 3 is 2.68 bits per heavy atom. The maximum atomic E-state index is 12.2. The van der Waals surface area contributed by atoms with Gasteiger partial charge in [0.1, 0.15) is 6.61 Å². The molecule has 0 aliphatic heterocycles. The van der Waals surface area contributed by atoms with Gasteiger partial charge < -0.3 is 9.47 Å². The van der Waals surface area contributed by atoms with Gasteiger partial charge in [0.15, 0.2) is 11.5 Å². The molecule has 0 unspecified atom stereocenters. The first-order chi connectivity index (χ1) is 15.0. The van der Waals surface area contributed by atoms with E-state index in [4.69, 9.17) is 21.1 Å². The molecule has 5 nitrogen and oxygen atoms in total. The van der Waals surface area contributed by atoms with Gasteiger partial charge in [-0.05, 0) is 72.3 Å². The highest BCUT2D eigenvalue weighted by Crippen LogP contribution is 2.35. The van der Waals surface area contributed by atoms with Gasteiger partial charge in [-0.1, -0.05) is 47.5 Å². The van der Waals surface area contributed by atoms with E-state index in [9.17, 15) is 4.79 Å². The summed E-state index contributed by atoms with van der Waals surface area (Å²) in [5, 5.41) is 4.74. The largest absolute Gasteiger partial charge is 0.490 e. The van der Waals surface area contributed by atoms with Gasteiger partial charge in [-0.3, -0.25) is 4.79 Å². The number of hydrazone groups is 1. The van der Waals surface area contributed by atoms with Crippen molar-refractivity contribution in [1.29, 1.82) is 0 Å². The summed E-state index contributed by atoms with van der Waals surface area (Å²) in [4.78, 5) is 12.2. The predicted molar refractivity (Wildman–Crippen MR) is 132 cm³/mol. The highest BCUT2D eigenvalue weighted by Gasteiger charge is 2.13. The van der Waals surface area contributed by atoms with Crippen molar-refractivity contribution in [2.24, 2.45) is 5.10 Å². The monoisotopic (exact) mass is 548 g/mol. The number of rotatable bonds is 8. The number of halogens is 2. The predicted octanol–water partition coefficient (Wildman–Crippen LogP) is 5.99. The molecule has 0 aromatic heterocycles. The normalized spacial score (nSPS) is 10.8. The maximum absolute atomic E-state index is 12.2. The molecular weight excluding hydrogens is 527 g/mol. The molecule has 0 fully saturated rings. The quantitative estimate of drug-likeness (QED) is 0.214. The van der Waals surface area contributed by atoms with E-state index in [0.29, 0.717) is 35.3 Å². The van der Waals surface area contributed by atoms with Gasteiger partial charge in [0, 0.05) is 16.1 Å². The second-order valence-electron chi connectivity index (χ2n) is 6.71. The van der Waals surface area contributed by atoms with Crippen LogP contribution in [-0.2, 0) is 6.61 Å². The number of hydrogen-bond donors (Lipinski definition) is 1. The molecule has 0 atom stereocenters. The van der Waals surface area contributed by atoms with Crippen molar-refractivity contribution in [3.63, 3.8) is 0 Å². The number of nitrogens with zero attached hydrogens (tertiary/aromatic N) is 1. The molecule has 0 saturated carbocycles. The molecule has 31 heavy (non-hydrogen) atoms. The van der Waals surface area contributed by atoms with Crippen LogP contribution < -0.4 is 14.9 Å². The minimum atomic E-state index is -0.264. The molecule has 7 heteroatoms. The number of benzene rings is 3. The second kappa shape index (κ2) is 11.2. The van der Waals surface area contributed by atoms with Crippen LogP contribution in [0.5, 0.6) is 11.5 Å². The Morgan fingerprint density at radius 2 is 1.94 bits per heavy atom. The highest BCUT2D eigenvalue weighted by molar-refractivity contribution is 14.1. The van der Waals surface area contributed by atoms with Gasteiger partial charge in [-0.25, -0.2) is 5.43 Å². The van der Waals surface area contributed by atoms with Crippen molar-refractivity contribution in [2.75, 3.05) is 6.61 Å². The van der Waals surface area contributed by atoms with Crippen molar-refractivity contribution < 1.29 is 14.3 Å². The summed E-state index contributed by atoms with van der Waals surface area (Å²) in [6, 6.07) is 18.6. The number of nitrogens with one attached hydrogen (secondary N) is 1. The van der Waals surface area contributed by atoms with E-state index in [1.807, 2.05) is 68.4 Å². The fourth-order valence-corrected chi connectivity index (χ4v) is 3.82. The lowest BCUT2D eigenvalue weighted by Gasteiger charge is -2.15. The molecule has 0 heterocycles.